The summed E-state index contributed by atoms with van der Waals surface area (Å²) in [5, 5.41) is 6.89. The van der Waals surface area contributed by atoms with Gasteiger partial charge in [-0.3, -0.25) is 4.79 Å². The fraction of sp³-hybridized carbons (Fsp3) is 0.238. The predicted octanol–water partition coefficient (Wildman–Crippen LogP) is 3.65. The minimum absolute atomic E-state index is 0.114. The van der Waals surface area contributed by atoms with Crippen molar-refractivity contribution >= 4 is 33.8 Å². The quantitative estimate of drug-likeness (QED) is 0.668. The van der Waals surface area contributed by atoms with Crippen molar-refractivity contribution in [3.05, 3.63) is 71.2 Å². The number of morpholine rings is 1. The molecule has 28 heavy (non-hydrogen) atoms. The standard InChI is InChI=1S/C21H22N4O2S/c26-20(22-14-16-4-2-1-3-5-16)19-15-23-21(28-19)24-17-6-8-18(9-7-17)25-10-12-27-13-11-25/h1-9,15H,10-14H2,(H,22,26)(H,23,24). The molecule has 0 atom stereocenters. The topological polar surface area (TPSA) is 66.5 Å². The lowest BCUT2D eigenvalue weighted by molar-refractivity contribution is 0.0954. The van der Waals surface area contributed by atoms with E-state index in [9.17, 15) is 4.79 Å². The number of nitrogens with zero attached hydrogens (tertiary/aromatic N) is 2. The van der Waals surface area contributed by atoms with Crippen molar-refractivity contribution in [2.24, 2.45) is 0 Å². The van der Waals surface area contributed by atoms with Crippen LogP contribution < -0.4 is 15.5 Å². The summed E-state index contributed by atoms with van der Waals surface area (Å²) < 4.78 is 5.39. The van der Waals surface area contributed by atoms with Gasteiger partial charge in [-0.05, 0) is 29.8 Å². The van der Waals surface area contributed by atoms with Gasteiger partial charge in [0.25, 0.3) is 5.91 Å². The smallest absolute Gasteiger partial charge is 0.263 e. The Bertz CT molecular complexity index is 906. The number of thiazole rings is 1. The summed E-state index contributed by atoms with van der Waals surface area (Å²) in [5.74, 6) is -0.114. The average molecular weight is 395 g/mol. The Morgan fingerprint density at radius 3 is 2.57 bits per heavy atom. The van der Waals surface area contributed by atoms with Crippen LogP contribution in [-0.4, -0.2) is 37.2 Å². The second-order valence-corrected chi connectivity index (χ2v) is 7.50. The maximum absolute atomic E-state index is 12.3. The van der Waals surface area contributed by atoms with Gasteiger partial charge >= 0.3 is 0 Å². The molecular formula is C21H22N4O2S. The largest absolute Gasteiger partial charge is 0.378 e. The molecule has 2 heterocycles. The summed E-state index contributed by atoms with van der Waals surface area (Å²) in [6.07, 6.45) is 1.61. The molecule has 1 fully saturated rings. The number of anilines is 3. The molecule has 0 unspecified atom stereocenters. The van der Waals surface area contributed by atoms with E-state index in [0.717, 1.165) is 37.6 Å². The van der Waals surface area contributed by atoms with Crippen LogP contribution in [0.5, 0.6) is 0 Å². The van der Waals surface area contributed by atoms with Crippen molar-refractivity contribution < 1.29 is 9.53 Å². The first-order valence-corrected chi connectivity index (χ1v) is 10.1. The number of carbonyl (C=O) groups is 1. The zero-order valence-corrected chi connectivity index (χ0v) is 16.2. The molecule has 0 saturated carbocycles. The lowest BCUT2D eigenvalue weighted by atomic mass is 10.2. The third-order valence-electron chi connectivity index (χ3n) is 4.52. The van der Waals surface area contributed by atoms with Crippen molar-refractivity contribution in [3.63, 3.8) is 0 Å². The SMILES string of the molecule is O=C(NCc1ccccc1)c1cnc(Nc2ccc(N3CCOCC3)cc2)s1. The van der Waals surface area contributed by atoms with Crippen molar-refractivity contribution in [2.75, 3.05) is 36.5 Å². The molecule has 1 amide bonds. The molecule has 2 aromatic carbocycles. The Hall–Kier alpha value is -2.90. The van der Waals surface area contributed by atoms with Gasteiger partial charge in [0.1, 0.15) is 4.88 Å². The summed E-state index contributed by atoms with van der Waals surface area (Å²) in [7, 11) is 0. The van der Waals surface area contributed by atoms with Crippen LogP contribution in [0, 0.1) is 0 Å². The lowest BCUT2D eigenvalue weighted by Crippen LogP contribution is -2.36. The van der Waals surface area contributed by atoms with Gasteiger partial charge in [-0.2, -0.15) is 0 Å². The number of benzene rings is 2. The third kappa shape index (κ3) is 4.68. The van der Waals surface area contributed by atoms with Crippen LogP contribution >= 0.6 is 11.3 Å². The molecule has 0 radical (unpaired) electrons. The highest BCUT2D eigenvalue weighted by atomic mass is 32.1. The predicted molar refractivity (Wildman–Crippen MR) is 112 cm³/mol. The Balaban J connectivity index is 1.33. The Kier molecular flexibility index (Phi) is 5.84. The zero-order valence-electron chi connectivity index (χ0n) is 15.4. The maximum Gasteiger partial charge on any atom is 0.263 e. The van der Waals surface area contributed by atoms with E-state index in [2.05, 4.69) is 32.7 Å². The van der Waals surface area contributed by atoms with Gasteiger partial charge in [0.05, 0.1) is 19.4 Å². The minimum Gasteiger partial charge on any atom is -0.378 e. The maximum atomic E-state index is 12.3. The highest BCUT2D eigenvalue weighted by Gasteiger charge is 2.12. The van der Waals surface area contributed by atoms with Gasteiger partial charge < -0.3 is 20.3 Å². The molecule has 1 aromatic heterocycles. The average Bonchev–Trinajstić information content (AvgIpc) is 3.22. The van der Waals surface area contributed by atoms with Gasteiger partial charge in [-0.15, -0.1) is 0 Å². The number of hydrogen-bond donors (Lipinski definition) is 2. The third-order valence-corrected chi connectivity index (χ3v) is 5.43. The number of carbonyl (C=O) groups excluding carboxylic acids is 1. The van der Waals surface area contributed by atoms with Gasteiger partial charge in [0, 0.05) is 31.0 Å². The first-order chi connectivity index (χ1) is 13.8. The van der Waals surface area contributed by atoms with Crippen molar-refractivity contribution in [3.8, 4) is 0 Å². The summed E-state index contributed by atoms with van der Waals surface area (Å²) >= 11 is 1.34. The van der Waals surface area contributed by atoms with Crippen LogP contribution in [0.2, 0.25) is 0 Å². The number of nitrogens with one attached hydrogen (secondary N) is 2. The molecule has 1 saturated heterocycles. The number of aromatic nitrogens is 1. The number of amides is 1. The highest BCUT2D eigenvalue weighted by Crippen LogP contribution is 2.25. The fourth-order valence-corrected chi connectivity index (χ4v) is 3.76. The Morgan fingerprint density at radius 1 is 1.07 bits per heavy atom. The van der Waals surface area contributed by atoms with E-state index < -0.39 is 0 Å². The fourth-order valence-electron chi connectivity index (χ4n) is 3.00. The molecule has 6 nitrogen and oxygen atoms in total. The Labute approximate surface area is 168 Å². The number of rotatable bonds is 6. The van der Waals surface area contributed by atoms with Crippen molar-refractivity contribution in [1.82, 2.24) is 10.3 Å². The molecule has 0 bridgehead atoms. The van der Waals surface area contributed by atoms with Crippen molar-refractivity contribution in [1.29, 1.82) is 0 Å². The van der Waals surface area contributed by atoms with E-state index in [1.165, 1.54) is 17.0 Å². The van der Waals surface area contributed by atoms with E-state index in [-0.39, 0.29) is 5.91 Å². The number of hydrogen-bond acceptors (Lipinski definition) is 6. The summed E-state index contributed by atoms with van der Waals surface area (Å²) in [6, 6.07) is 18.1. The van der Waals surface area contributed by atoms with Crippen LogP contribution in [0.1, 0.15) is 15.2 Å². The molecule has 2 N–H and O–H groups in total. The van der Waals surface area contributed by atoms with Crippen LogP contribution in [0.3, 0.4) is 0 Å². The highest BCUT2D eigenvalue weighted by molar-refractivity contribution is 7.17. The summed E-state index contributed by atoms with van der Waals surface area (Å²) in [6.45, 7) is 3.88. The lowest BCUT2D eigenvalue weighted by Gasteiger charge is -2.28. The van der Waals surface area contributed by atoms with Crippen LogP contribution in [0.15, 0.2) is 60.8 Å². The molecule has 1 aliphatic heterocycles. The number of ether oxygens (including phenoxy) is 1. The summed E-state index contributed by atoms with van der Waals surface area (Å²) in [5.41, 5.74) is 3.20. The normalized spacial score (nSPS) is 13.9. The molecule has 3 aromatic rings. The molecule has 144 valence electrons. The first kappa shape index (κ1) is 18.5. The molecule has 1 aliphatic rings. The van der Waals surface area contributed by atoms with Gasteiger partial charge in [-0.25, -0.2) is 4.98 Å². The minimum atomic E-state index is -0.114. The van der Waals surface area contributed by atoms with Gasteiger partial charge in [-0.1, -0.05) is 41.7 Å². The summed E-state index contributed by atoms with van der Waals surface area (Å²) in [4.78, 5) is 19.5. The van der Waals surface area contributed by atoms with Gasteiger partial charge in [0.15, 0.2) is 5.13 Å². The first-order valence-electron chi connectivity index (χ1n) is 9.26. The molecular weight excluding hydrogens is 372 g/mol. The van der Waals surface area contributed by atoms with Crippen LogP contribution in [0.25, 0.3) is 0 Å². The van der Waals surface area contributed by atoms with E-state index in [1.54, 1.807) is 6.20 Å². The van der Waals surface area contributed by atoms with Crippen molar-refractivity contribution in [2.45, 2.75) is 6.54 Å². The second-order valence-electron chi connectivity index (χ2n) is 6.47. The molecule has 7 heteroatoms. The zero-order chi connectivity index (χ0) is 19.2. The molecule has 4 rings (SSSR count). The van der Waals surface area contributed by atoms with E-state index in [4.69, 9.17) is 4.74 Å². The van der Waals surface area contributed by atoms with E-state index >= 15 is 0 Å². The van der Waals surface area contributed by atoms with Crippen LogP contribution in [-0.2, 0) is 11.3 Å². The van der Waals surface area contributed by atoms with Crippen LogP contribution in [0.4, 0.5) is 16.5 Å². The molecule has 0 aliphatic carbocycles. The second kappa shape index (κ2) is 8.86. The Morgan fingerprint density at radius 2 is 1.82 bits per heavy atom. The van der Waals surface area contributed by atoms with E-state index in [1.807, 2.05) is 42.5 Å². The monoisotopic (exact) mass is 394 g/mol. The van der Waals surface area contributed by atoms with E-state index in [0.29, 0.717) is 16.6 Å². The van der Waals surface area contributed by atoms with Gasteiger partial charge in [0.2, 0.25) is 0 Å². The molecule has 0 spiro atoms.